The number of hydrogen-bond donors (Lipinski definition) is 2. The molecule has 0 bridgehead atoms. The number of rotatable bonds is 5. The molecule has 17 heavy (non-hydrogen) atoms. The van der Waals surface area contributed by atoms with Crippen LogP contribution in [0.4, 0.5) is 0 Å². The van der Waals surface area contributed by atoms with Gasteiger partial charge >= 0.3 is 0 Å². The van der Waals surface area contributed by atoms with Gasteiger partial charge in [-0.05, 0) is 18.8 Å². The maximum absolute atomic E-state index is 11.8. The topological polar surface area (TPSA) is 82.2 Å². The van der Waals surface area contributed by atoms with Crippen molar-refractivity contribution in [3.8, 4) is 5.88 Å². The van der Waals surface area contributed by atoms with Crippen LogP contribution in [0, 0.1) is 5.92 Å². The number of hydrogen-bond acceptors (Lipinski definition) is 4. The van der Waals surface area contributed by atoms with Gasteiger partial charge < -0.3 is 15.8 Å². The molecule has 1 saturated carbocycles. The Morgan fingerprint density at radius 2 is 2.47 bits per heavy atom. The van der Waals surface area contributed by atoms with Crippen molar-refractivity contribution in [2.24, 2.45) is 18.7 Å². The molecule has 6 nitrogen and oxygen atoms in total. The number of aromatic nitrogens is 2. The molecule has 0 aliphatic heterocycles. The van der Waals surface area contributed by atoms with Crippen LogP contribution in [0.2, 0.25) is 0 Å². The zero-order chi connectivity index (χ0) is 12.4. The van der Waals surface area contributed by atoms with Crippen LogP contribution in [0.1, 0.15) is 23.3 Å². The summed E-state index contributed by atoms with van der Waals surface area (Å²) in [5.74, 6) is 0.926. The van der Waals surface area contributed by atoms with Gasteiger partial charge in [-0.15, -0.1) is 0 Å². The molecule has 0 saturated heterocycles. The highest BCUT2D eigenvalue weighted by Crippen LogP contribution is 2.31. The van der Waals surface area contributed by atoms with Crippen molar-refractivity contribution in [3.05, 3.63) is 11.8 Å². The quantitative estimate of drug-likeness (QED) is 0.750. The minimum absolute atomic E-state index is 0.0598. The van der Waals surface area contributed by atoms with Crippen molar-refractivity contribution < 1.29 is 9.53 Å². The predicted octanol–water partition coefficient (Wildman–Crippen LogP) is -0.104. The normalized spacial score (nSPS) is 16.6. The second-order valence-corrected chi connectivity index (χ2v) is 4.41. The highest BCUT2D eigenvalue weighted by molar-refractivity contribution is 5.92. The number of carbonyl (C=O) groups is 1. The Hall–Kier alpha value is -1.56. The average molecular weight is 238 g/mol. The number of ether oxygens (including phenoxy) is 1. The van der Waals surface area contributed by atoms with E-state index in [4.69, 9.17) is 10.5 Å². The molecular formula is C11H18N4O2. The van der Waals surface area contributed by atoms with E-state index in [1.165, 1.54) is 17.5 Å². The van der Waals surface area contributed by atoms with Gasteiger partial charge in [-0.25, -0.2) is 4.68 Å². The number of nitrogens with zero attached hydrogens (tertiary/aromatic N) is 2. The fourth-order valence-corrected chi connectivity index (χ4v) is 1.74. The molecule has 1 unspecified atom stereocenters. The molecule has 0 radical (unpaired) electrons. The molecule has 6 heteroatoms. The average Bonchev–Trinajstić information content (AvgIpc) is 3.09. The van der Waals surface area contributed by atoms with E-state index in [0.717, 1.165) is 0 Å². The van der Waals surface area contributed by atoms with Crippen molar-refractivity contribution in [1.82, 2.24) is 15.1 Å². The molecule has 1 aromatic heterocycles. The smallest absolute Gasteiger partial charge is 0.271 e. The summed E-state index contributed by atoms with van der Waals surface area (Å²) in [4.78, 5) is 11.8. The summed E-state index contributed by atoms with van der Waals surface area (Å²) in [7, 11) is 3.27. The van der Waals surface area contributed by atoms with E-state index in [1.807, 2.05) is 0 Å². The fraction of sp³-hybridized carbons (Fsp3) is 0.636. The third-order valence-corrected chi connectivity index (χ3v) is 3.00. The largest absolute Gasteiger partial charge is 0.481 e. The maximum Gasteiger partial charge on any atom is 0.271 e. The van der Waals surface area contributed by atoms with Crippen LogP contribution in [0.3, 0.4) is 0 Å². The molecule has 2 rings (SSSR count). The first-order valence-corrected chi connectivity index (χ1v) is 5.73. The van der Waals surface area contributed by atoms with Crippen molar-refractivity contribution in [3.63, 3.8) is 0 Å². The van der Waals surface area contributed by atoms with E-state index in [1.54, 1.807) is 20.2 Å². The lowest BCUT2D eigenvalue weighted by atomic mass is 10.2. The van der Waals surface area contributed by atoms with Crippen LogP contribution in [-0.2, 0) is 7.05 Å². The Bertz CT molecular complexity index is 412. The van der Waals surface area contributed by atoms with Crippen molar-refractivity contribution in [2.75, 3.05) is 13.7 Å². The molecule has 1 atom stereocenters. The predicted molar refractivity (Wildman–Crippen MR) is 62.8 cm³/mol. The summed E-state index contributed by atoms with van der Waals surface area (Å²) >= 11 is 0. The molecule has 3 N–H and O–H groups in total. The van der Waals surface area contributed by atoms with Crippen LogP contribution in [-0.4, -0.2) is 35.4 Å². The number of nitrogens with one attached hydrogen (secondary N) is 1. The van der Waals surface area contributed by atoms with Gasteiger partial charge in [0.2, 0.25) is 5.88 Å². The van der Waals surface area contributed by atoms with Gasteiger partial charge in [0.05, 0.1) is 7.11 Å². The SMILES string of the molecule is COc1cc(C(=O)NCC(N)C2CC2)nn1C. The third kappa shape index (κ3) is 2.76. The summed E-state index contributed by atoms with van der Waals surface area (Å²) in [6.07, 6.45) is 2.35. The summed E-state index contributed by atoms with van der Waals surface area (Å²) in [6.45, 7) is 0.502. The minimum Gasteiger partial charge on any atom is -0.481 e. The second-order valence-electron chi connectivity index (χ2n) is 4.41. The Morgan fingerprint density at radius 1 is 1.76 bits per heavy atom. The number of nitrogens with two attached hydrogens (primary N) is 1. The zero-order valence-electron chi connectivity index (χ0n) is 10.1. The molecular weight excluding hydrogens is 220 g/mol. The number of carbonyl (C=O) groups excluding carboxylic acids is 1. The molecule has 1 aromatic rings. The third-order valence-electron chi connectivity index (χ3n) is 3.00. The summed E-state index contributed by atoms with van der Waals surface area (Å²) in [5, 5.41) is 6.85. The highest BCUT2D eigenvalue weighted by Gasteiger charge is 2.28. The molecule has 1 fully saturated rings. The van der Waals surface area contributed by atoms with Crippen molar-refractivity contribution in [1.29, 1.82) is 0 Å². The summed E-state index contributed by atoms with van der Waals surface area (Å²) < 4.78 is 6.57. The minimum atomic E-state index is -0.208. The van der Waals surface area contributed by atoms with E-state index in [2.05, 4.69) is 10.4 Å². The molecule has 0 aromatic carbocycles. The molecule has 1 aliphatic rings. The van der Waals surface area contributed by atoms with Crippen LogP contribution < -0.4 is 15.8 Å². The fourth-order valence-electron chi connectivity index (χ4n) is 1.74. The lowest BCUT2D eigenvalue weighted by molar-refractivity contribution is 0.0944. The maximum atomic E-state index is 11.8. The van der Waals surface area contributed by atoms with Crippen LogP contribution in [0.15, 0.2) is 6.07 Å². The van der Waals surface area contributed by atoms with Crippen molar-refractivity contribution >= 4 is 5.91 Å². The van der Waals surface area contributed by atoms with E-state index in [-0.39, 0.29) is 11.9 Å². The lowest BCUT2D eigenvalue weighted by Gasteiger charge is -2.10. The first-order chi connectivity index (χ1) is 8.11. The van der Waals surface area contributed by atoms with Gasteiger partial charge in [-0.2, -0.15) is 5.10 Å². The van der Waals surface area contributed by atoms with Crippen molar-refractivity contribution in [2.45, 2.75) is 18.9 Å². The Labute approximate surface area is 100 Å². The molecule has 94 valence electrons. The van der Waals surface area contributed by atoms with Gasteiger partial charge in [0.15, 0.2) is 5.69 Å². The van der Waals surface area contributed by atoms with Gasteiger partial charge in [0.1, 0.15) is 0 Å². The summed E-state index contributed by atoms with van der Waals surface area (Å²) in [5.41, 5.74) is 6.26. The Balaban J connectivity index is 1.89. The number of aryl methyl sites for hydroxylation is 1. The monoisotopic (exact) mass is 238 g/mol. The van der Waals surface area contributed by atoms with E-state index >= 15 is 0 Å². The second kappa shape index (κ2) is 4.75. The standard InChI is InChI=1S/C11H18N4O2/c1-15-10(17-2)5-9(14-15)11(16)13-6-8(12)7-3-4-7/h5,7-8H,3-4,6,12H2,1-2H3,(H,13,16). The van der Waals surface area contributed by atoms with Gasteiger partial charge in [-0.3, -0.25) is 4.79 Å². The molecule has 1 amide bonds. The van der Waals surface area contributed by atoms with E-state index < -0.39 is 0 Å². The molecule has 0 spiro atoms. The van der Waals surface area contributed by atoms with Gasteiger partial charge in [-0.1, -0.05) is 0 Å². The molecule has 1 heterocycles. The summed E-state index contributed by atoms with van der Waals surface area (Å²) in [6, 6.07) is 1.67. The van der Waals surface area contributed by atoms with E-state index in [9.17, 15) is 4.79 Å². The first-order valence-electron chi connectivity index (χ1n) is 5.73. The van der Waals surface area contributed by atoms with Crippen LogP contribution in [0.25, 0.3) is 0 Å². The Kier molecular flexibility index (Phi) is 3.33. The van der Waals surface area contributed by atoms with Gasteiger partial charge in [0, 0.05) is 25.7 Å². The van der Waals surface area contributed by atoms with E-state index in [0.29, 0.717) is 24.0 Å². The molecule has 1 aliphatic carbocycles. The highest BCUT2D eigenvalue weighted by atomic mass is 16.5. The first kappa shape index (κ1) is 11.9. The van der Waals surface area contributed by atoms with Crippen LogP contribution >= 0.6 is 0 Å². The van der Waals surface area contributed by atoms with Gasteiger partial charge in [0.25, 0.3) is 5.91 Å². The number of amides is 1. The zero-order valence-corrected chi connectivity index (χ0v) is 10.1. The lowest BCUT2D eigenvalue weighted by Crippen LogP contribution is -2.38. The Morgan fingerprint density at radius 3 is 3.00 bits per heavy atom. The number of methoxy groups -OCH3 is 1. The van der Waals surface area contributed by atoms with Crippen LogP contribution in [0.5, 0.6) is 5.88 Å².